The van der Waals surface area contributed by atoms with E-state index in [-0.39, 0.29) is 22.7 Å². The SMILES string of the molecule is CC(=O)Nc1cc(C(C)(C)C)cc(C(C)(C)C)c1[N+](=O)[O-]. The van der Waals surface area contributed by atoms with E-state index in [9.17, 15) is 14.9 Å². The first-order valence-corrected chi connectivity index (χ1v) is 6.95. The van der Waals surface area contributed by atoms with Crippen molar-refractivity contribution in [1.29, 1.82) is 0 Å². The van der Waals surface area contributed by atoms with Gasteiger partial charge in [0.05, 0.1) is 4.92 Å². The van der Waals surface area contributed by atoms with E-state index in [0.29, 0.717) is 5.56 Å². The van der Waals surface area contributed by atoms with Crippen LogP contribution in [0.5, 0.6) is 0 Å². The number of carbonyl (C=O) groups excluding carboxylic acids is 1. The number of nitrogens with zero attached hydrogens (tertiary/aromatic N) is 1. The fraction of sp³-hybridized carbons (Fsp3) is 0.562. The van der Waals surface area contributed by atoms with E-state index in [1.54, 1.807) is 6.07 Å². The third-order valence-electron chi connectivity index (χ3n) is 3.28. The molecule has 0 aromatic heterocycles. The highest BCUT2D eigenvalue weighted by molar-refractivity contribution is 5.92. The molecular formula is C16H24N2O3. The third kappa shape index (κ3) is 4.03. The zero-order valence-electron chi connectivity index (χ0n) is 13.8. The smallest absolute Gasteiger partial charge is 0.296 e. The fourth-order valence-electron chi connectivity index (χ4n) is 2.12. The van der Waals surface area contributed by atoms with E-state index in [1.165, 1.54) is 6.92 Å². The zero-order chi connectivity index (χ0) is 16.6. The lowest BCUT2D eigenvalue weighted by atomic mass is 9.79. The van der Waals surface area contributed by atoms with Crippen molar-refractivity contribution in [1.82, 2.24) is 0 Å². The summed E-state index contributed by atoms with van der Waals surface area (Å²) < 4.78 is 0. The Morgan fingerprint density at radius 2 is 1.62 bits per heavy atom. The van der Waals surface area contributed by atoms with Gasteiger partial charge in [-0.1, -0.05) is 41.5 Å². The van der Waals surface area contributed by atoms with Crippen molar-refractivity contribution in [3.63, 3.8) is 0 Å². The molecule has 1 N–H and O–H groups in total. The maximum atomic E-state index is 11.5. The molecule has 1 aromatic carbocycles. The molecular weight excluding hydrogens is 268 g/mol. The van der Waals surface area contributed by atoms with Gasteiger partial charge in [-0.05, 0) is 28.5 Å². The first-order valence-electron chi connectivity index (χ1n) is 6.95. The Morgan fingerprint density at radius 3 is 1.95 bits per heavy atom. The van der Waals surface area contributed by atoms with E-state index in [1.807, 2.05) is 47.6 Å². The monoisotopic (exact) mass is 292 g/mol. The Morgan fingerprint density at radius 1 is 1.10 bits per heavy atom. The van der Waals surface area contributed by atoms with Gasteiger partial charge in [-0.15, -0.1) is 0 Å². The predicted molar refractivity (Wildman–Crippen MR) is 84.8 cm³/mol. The second-order valence-corrected chi connectivity index (χ2v) is 7.36. The predicted octanol–water partition coefficient (Wildman–Crippen LogP) is 4.15. The van der Waals surface area contributed by atoms with Crippen LogP contribution in [0.2, 0.25) is 0 Å². The molecule has 0 saturated heterocycles. The van der Waals surface area contributed by atoms with Gasteiger partial charge in [-0.3, -0.25) is 14.9 Å². The minimum absolute atomic E-state index is 0.0225. The minimum Gasteiger partial charge on any atom is -0.321 e. The van der Waals surface area contributed by atoms with Gasteiger partial charge < -0.3 is 5.32 Å². The van der Waals surface area contributed by atoms with Crippen LogP contribution in [-0.2, 0) is 15.6 Å². The number of nitrogens with one attached hydrogen (secondary N) is 1. The number of nitro benzene ring substituents is 1. The molecule has 0 spiro atoms. The summed E-state index contributed by atoms with van der Waals surface area (Å²) in [6.45, 7) is 13.3. The van der Waals surface area contributed by atoms with Gasteiger partial charge in [0.2, 0.25) is 5.91 Å². The lowest BCUT2D eigenvalue weighted by molar-refractivity contribution is -0.385. The number of anilines is 1. The molecule has 0 unspecified atom stereocenters. The topological polar surface area (TPSA) is 72.2 Å². The zero-order valence-corrected chi connectivity index (χ0v) is 13.8. The Hall–Kier alpha value is -1.91. The largest absolute Gasteiger partial charge is 0.321 e. The lowest BCUT2D eigenvalue weighted by Crippen LogP contribution is -2.20. The molecule has 0 heterocycles. The first-order chi connectivity index (χ1) is 9.34. The summed E-state index contributed by atoms with van der Waals surface area (Å²) in [5.41, 5.74) is 1.28. The van der Waals surface area contributed by atoms with Crippen molar-refractivity contribution in [2.75, 3.05) is 5.32 Å². The molecule has 0 saturated carbocycles. The number of benzene rings is 1. The number of nitro groups is 1. The highest BCUT2D eigenvalue weighted by atomic mass is 16.6. The molecule has 0 atom stereocenters. The van der Waals surface area contributed by atoms with Crippen LogP contribution in [0.4, 0.5) is 11.4 Å². The highest BCUT2D eigenvalue weighted by Gasteiger charge is 2.31. The van der Waals surface area contributed by atoms with Crippen LogP contribution in [0, 0.1) is 10.1 Å². The van der Waals surface area contributed by atoms with E-state index < -0.39 is 10.3 Å². The van der Waals surface area contributed by atoms with Gasteiger partial charge in [0.25, 0.3) is 5.69 Å². The van der Waals surface area contributed by atoms with E-state index >= 15 is 0 Å². The van der Waals surface area contributed by atoms with Crippen LogP contribution in [0.15, 0.2) is 12.1 Å². The van der Waals surface area contributed by atoms with Crippen molar-refractivity contribution in [3.05, 3.63) is 33.4 Å². The minimum atomic E-state index is -0.418. The van der Waals surface area contributed by atoms with Gasteiger partial charge in [0, 0.05) is 12.5 Å². The summed E-state index contributed by atoms with van der Waals surface area (Å²) in [5.74, 6) is -0.316. The van der Waals surface area contributed by atoms with Gasteiger partial charge >= 0.3 is 0 Å². The maximum absolute atomic E-state index is 11.5. The third-order valence-corrected chi connectivity index (χ3v) is 3.28. The number of hydrogen-bond donors (Lipinski definition) is 1. The number of amides is 1. The van der Waals surface area contributed by atoms with Crippen LogP contribution < -0.4 is 5.32 Å². The number of carbonyl (C=O) groups is 1. The normalized spacial score (nSPS) is 12.1. The molecule has 5 nitrogen and oxygen atoms in total. The van der Waals surface area contributed by atoms with E-state index in [4.69, 9.17) is 0 Å². The summed E-state index contributed by atoms with van der Waals surface area (Å²) in [6.07, 6.45) is 0. The summed E-state index contributed by atoms with van der Waals surface area (Å²) >= 11 is 0. The Kier molecular flexibility index (Phi) is 4.46. The molecule has 0 fully saturated rings. The van der Waals surface area contributed by atoms with Gasteiger partial charge in [0.15, 0.2) is 0 Å². The van der Waals surface area contributed by atoms with Crippen molar-refractivity contribution in [3.8, 4) is 0 Å². The summed E-state index contributed by atoms with van der Waals surface area (Å²) in [5, 5.41) is 14.1. The second-order valence-electron chi connectivity index (χ2n) is 7.36. The van der Waals surface area contributed by atoms with E-state index in [0.717, 1.165) is 5.56 Å². The average Bonchev–Trinajstić information content (AvgIpc) is 2.23. The Bertz CT molecular complexity index is 578. The first kappa shape index (κ1) is 17.1. The van der Waals surface area contributed by atoms with Crippen LogP contribution in [0.1, 0.15) is 59.6 Å². The van der Waals surface area contributed by atoms with Crippen LogP contribution in [0.3, 0.4) is 0 Å². The molecule has 5 heteroatoms. The molecule has 0 radical (unpaired) electrons. The van der Waals surface area contributed by atoms with Crippen molar-refractivity contribution in [2.45, 2.75) is 59.3 Å². The molecule has 1 rings (SSSR count). The molecule has 1 aromatic rings. The summed E-state index contributed by atoms with van der Waals surface area (Å²) in [7, 11) is 0. The van der Waals surface area contributed by atoms with Crippen LogP contribution in [-0.4, -0.2) is 10.8 Å². The van der Waals surface area contributed by atoms with Crippen LogP contribution in [0.25, 0.3) is 0 Å². The van der Waals surface area contributed by atoms with Crippen LogP contribution >= 0.6 is 0 Å². The quantitative estimate of drug-likeness (QED) is 0.657. The second kappa shape index (κ2) is 5.47. The molecule has 0 aliphatic rings. The molecule has 21 heavy (non-hydrogen) atoms. The standard InChI is InChI=1S/C16H24N2O3/c1-10(19)17-13-9-11(15(2,3)4)8-12(16(5,6)7)14(13)18(20)21/h8-9H,1-7H3,(H,17,19). The Labute approximate surface area is 125 Å². The molecule has 116 valence electrons. The lowest BCUT2D eigenvalue weighted by Gasteiger charge is -2.26. The molecule has 0 aliphatic heterocycles. The maximum Gasteiger partial charge on any atom is 0.296 e. The van der Waals surface area contributed by atoms with Crippen molar-refractivity contribution in [2.24, 2.45) is 0 Å². The van der Waals surface area contributed by atoms with Gasteiger partial charge in [0.1, 0.15) is 5.69 Å². The fourth-order valence-corrected chi connectivity index (χ4v) is 2.12. The highest BCUT2D eigenvalue weighted by Crippen LogP contribution is 2.40. The van der Waals surface area contributed by atoms with E-state index in [2.05, 4.69) is 5.32 Å². The summed E-state index contributed by atoms with van der Waals surface area (Å²) in [4.78, 5) is 22.4. The summed E-state index contributed by atoms with van der Waals surface area (Å²) in [6, 6.07) is 3.58. The van der Waals surface area contributed by atoms with Gasteiger partial charge in [-0.2, -0.15) is 0 Å². The van der Waals surface area contributed by atoms with Crippen molar-refractivity contribution < 1.29 is 9.72 Å². The molecule has 1 amide bonds. The van der Waals surface area contributed by atoms with Gasteiger partial charge in [-0.25, -0.2) is 0 Å². The molecule has 0 bridgehead atoms. The van der Waals surface area contributed by atoms with Crippen molar-refractivity contribution >= 4 is 17.3 Å². The number of hydrogen-bond acceptors (Lipinski definition) is 3. The number of rotatable bonds is 2. The average molecular weight is 292 g/mol. The molecule has 0 aliphatic carbocycles. The Balaban J connectivity index is 3.74.